The number of hydrogen-bond donors (Lipinski definition) is 0. The summed E-state index contributed by atoms with van der Waals surface area (Å²) in [7, 11) is 0. The SMILES string of the molecule is O=C(c1cc(C(F)(F)F)ccc1F)N1CCC(CBr)C1. The zero-order valence-electron chi connectivity index (χ0n) is 10.4. The number of carbonyl (C=O) groups is 1. The quantitative estimate of drug-likeness (QED) is 0.586. The van der Waals surface area contributed by atoms with Crippen LogP contribution in [0.3, 0.4) is 0 Å². The maximum Gasteiger partial charge on any atom is 0.416 e. The van der Waals surface area contributed by atoms with Crippen LogP contribution in [0.4, 0.5) is 17.6 Å². The Bertz CT molecular complexity index is 518. The minimum atomic E-state index is -4.59. The van der Waals surface area contributed by atoms with E-state index in [9.17, 15) is 22.4 Å². The minimum Gasteiger partial charge on any atom is -0.338 e. The van der Waals surface area contributed by atoms with E-state index in [0.717, 1.165) is 6.42 Å². The molecule has 7 heteroatoms. The lowest BCUT2D eigenvalue weighted by atomic mass is 10.1. The number of halogens is 5. The summed E-state index contributed by atoms with van der Waals surface area (Å²) in [4.78, 5) is 13.5. The molecule has 0 spiro atoms. The van der Waals surface area contributed by atoms with Crippen LogP contribution in [0.15, 0.2) is 18.2 Å². The number of hydrogen-bond acceptors (Lipinski definition) is 1. The lowest BCUT2D eigenvalue weighted by Gasteiger charge is -2.17. The molecule has 2 nitrogen and oxygen atoms in total. The Balaban J connectivity index is 2.26. The molecule has 110 valence electrons. The number of amides is 1. The van der Waals surface area contributed by atoms with Crippen molar-refractivity contribution in [2.45, 2.75) is 12.6 Å². The molecule has 0 saturated carbocycles. The van der Waals surface area contributed by atoms with Gasteiger partial charge in [-0.25, -0.2) is 4.39 Å². The maximum atomic E-state index is 13.6. The van der Waals surface area contributed by atoms with Crippen LogP contribution in [0, 0.1) is 11.7 Å². The van der Waals surface area contributed by atoms with Crippen molar-refractivity contribution in [1.29, 1.82) is 0 Å². The molecule has 1 aliphatic rings. The summed E-state index contributed by atoms with van der Waals surface area (Å²) in [5.41, 5.74) is -1.53. The molecule has 1 amide bonds. The van der Waals surface area contributed by atoms with Crippen molar-refractivity contribution < 1.29 is 22.4 Å². The Morgan fingerprint density at radius 1 is 1.40 bits per heavy atom. The van der Waals surface area contributed by atoms with Crippen LogP contribution in [0.25, 0.3) is 0 Å². The summed E-state index contributed by atoms with van der Waals surface area (Å²) in [6.45, 7) is 0.866. The maximum absolute atomic E-state index is 13.6. The Labute approximate surface area is 121 Å². The van der Waals surface area contributed by atoms with E-state index in [0.29, 0.717) is 36.6 Å². The van der Waals surface area contributed by atoms with Crippen molar-refractivity contribution in [1.82, 2.24) is 4.90 Å². The van der Waals surface area contributed by atoms with E-state index >= 15 is 0 Å². The molecule has 1 heterocycles. The van der Waals surface area contributed by atoms with Crippen LogP contribution in [0.2, 0.25) is 0 Å². The first-order valence-corrected chi connectivity index (χ1v) is 7.17. The molecule has 0 radical (unpaired) electrons. The second-order valence-corrected chi connectivity index (χ2v) is 5.40. The van der Waals surface area contributed by atoms with E-state index in [2.05, 4.69) is 15.9 Å². The highest BCUT2D eigenvalue weighted by atomic mass is 79.9. The van der Waals surface area contributed by atoms with E-state index in [1.54, 1.807) is 0 Å². The van der Waals surface area contributed by atoms with Gasteiger partial charge in [0, 0.05) is 18.4 Å². The Morgan fingerprint density at radius 2 is 2.10 bits per heavy atom. The van der Waals surface area contributed by atoms with Gasteiger partial charge in [0.2, 0.25) is 0 Å². The van der Waals surface area contributed by atoms with Crippen LogP contribution >= 0.6 is 15.9 Å². The van der Waals surface area contributed by atoms with Crippen molar-refractivity contribution >= 4 is 21.8 Å². The standard InChI is InChI=1S/C13H12BrF4NO/c14-6-8-3-4-19(7-8)12(20)10-5-9(13(16,17)18)1-2-11(10)15/h1-2,5,8H,3-4,6-7H2. The molecule has 1 aromatic rings. The number of nitrogens with zero attached hydrogens (tertiary/aromatic N) is 1. The second kappa shape index (κ2) is 5.71. The van der Waals surface area contributed by atoms with Gasteiger partial charge in [0.15, 0.2) is 0 Å². The van der Waals surface area contributed by atoms with Gasteiger partial charge in [0.05, 0.1) is 11.1 Å². The summed E-state index contributed by atoms with van der Waals surface area (Å²) < 4.78 is 51.4. The largest absolute Gasteiger partial charge is 0.416 e. The molecule has 1 saturated heterocycles. The van der Waals surface area contributed by atoms with Crippen molar-refractivity contribution in [2.24, 2.45) is 5.92 Å². The third-order valence-corrected chi connectivity index (χ3v) is 4.23. The van der Waals surface area contributed by atoms with Crippen LogP contribution in [-0.2, 0) is 6.18 Å². The number of likely N-dealkylation sites (tertiary alicyclic amines) is 1. The normalized spacial score (nSPS) is 19.4. The summed E-state index contributed by atoms with van der Waals surface area (Å²) >= 11 is 3.30. The van der Waals surface area contributed by atoms with Gasteiger partial charge in [-0.3, -0.25) is 4.79 Å². The monoisotopic (exact) mass is 353 g/mol. The molecule has 2 rings (SSSR count). The number of rotatable bonds is 2. The Morgan fingerprint density at radius 3 is 2.65 bits per heavy atom. The fourth-order valence-electron chi connectivity index (χ4n) is 2.18. The first-order valence-electron chi connectivity index (χ1n) is 6.05. The average Bonchev–Trinajstić information content (AvgIpc) is 2.86. The number of benzene rings is 1. The first kappa shape index (κ1) is 15.3. The first-order chi connectivity index (χ1) is 9.32. The molecule has 20 heavy (non-hydrogen) atoms. The van der Waals surface area contributed by atoms with Crippen molar-refractivity contribution in [2.75, 3.05) is 18.4 Å². The van der Waals surface area contributed by atoms with Crippen LogP contribution in [0.1, 0.15) is 22.3 Å². The predicted octanol–water partition coefficient (Wildman–Crippen LogP) is 3.70. The summed E-state index contributed by atoms with van der Waals surface area (Å²) in [5, 5.41) is 0.710. The summed E-state index contributed by atoms with van der Waals surface area (Å²) in [6.07, 6.45) is -3.83. The van der Waals surface area contributed by atoms with Gasteiger partial charge >= 0.3 is 6.18 Å². The molecule has 1 atom stereocenters. The minimum absolute atomic E-state index is 0.257. The summed E-state index contributed by atoms with van der Waals surface area (Å²) in [6, 6.07) is 1.91. The molecule has 0 N–H and O–H groups in total. The van der Waals surface area contributed by atoms with Gasteiger partial charge < -0.3 is 4.90 Å². The van der Waals surface area contributed by atoms with E-state index in [-0.39, 0.29) is 5.92 Å². The van der Waals surface area contributed by atoms with Gasteiger partial charge in [-0.05, 0) is 30.5 Å². The van der Waals surface area contributed by atoms with Gasteiger partial charge in [0.1, 0.15) is 5.82 Å². The van der Waals surface area contributed by atoms with E-state index < -0.39 is 29.0 Å². The van der Waals surface area contributed by atoms with Crippen molar-refractivity contribution in [3.63, 3.8) is 0 Å². The zero-order chi connectivity index (χ0) is 14.9. The molecule has 0 bridgehead atoms. The Kier molecular flexibility index (Phi) is 4.36. The molecule has 1 fully saturated rings. The highest BCUT2D eigenvalue weighted by Gasteiger charge is 2.33. The van der Waals surface area contributed by atoms with E-state index in [1.807, 2.05) is 0 Å². The Hall–Kier alpha value is -1.11. The molecule has 0 aromatic heterocycles. The predicted molar refractivity (Wildman–Crippen MR) is 69.2 cm³/mol. The lowest BCUT2D eigenvalue weighted by Crippen LogP contribution is -2.30. The van der Waals surface area contributed by atoms with Crippen molar-refractivity contribution in [3.8, 4) is 0 Å². The highest BCUT2D eigenvalue weighted by Crippen LogP contribution is 2.31. The molecule has 1 aromatic carbocycles. The third kappa shape index (κ3) is 3.13. The molecule has 1 unspecified atom stereocenters. The van der Waals surface area contributed by atoms with Crippen LogP contribution < -0.4 is 0 Å². The smallest absolute Gasteiger partial charge is 0.338 e. The molecular weight excluding hydrogens is 342 g/mol. The second-order valence-electron chi connectivity index (χ2n) is 4.75. The molecular formula is C13H12BrF4NO. The van der Waals surface area contributed by atoms with E-state index in [4.69, 9.17) is 0 Å². The molecule has 0 aliphatic carbocycles. The fraction of sp³-hybridized carbons (Fsp3) is 0.462. The van der Waals surface area contributed by atoms with Gasteiger partial charge in [-0.1, -0.05) is 15.9 Å². The van der Waals surface area contributed by atoms with Crippen molar-refractivity contribution in [3.05, 3.63) is 35.1 Å². The van der Waals surface area contributed by atoms with E-state index in [1.165, 1.54) is 4.90 Å². The third-order valence-electron chi connectivity index (χ3n) is 3.32. The fourth-order valence-corrected chi connectivity index (χ4v) is 2.71. The number of carbonyl (C=O) groups excluding carboxylic acids is 1. The van der Waals surface area contributed by atoms with Gasteiger partial charge in [-0.15, -0.1) is 0 Å². The van der Waals surface area contributed by atoms with Crippen LogP contribution in [0.5, 0.6) is 0 Å². The van der Waals surface area contributed by atoms with Gasteiger partial charge in [0.25, 0.3) is 5.91 Å². The zero-order valence-corrected chi connectivity index (χ0v) is 12.0. The number of alkyl halides is 4. The summed E-state index contributed by atoms with van der Waals surface area (Å²) in [5.74, 6) is -1.35. The lowest BCUT2D eigenvalue weighted by molar-refractivity contribution is -0.137. The highest BCUT2D eigenvalue weighted by molar-refractivity contribution is 9.09. The molecule has 1 aliphatic heterocycles. The van der Waals surface area contributed by atoms with Crippen LogP contribution in [-0.4, -0.2) is 29.2 Å². The van der Waals surface area contributed by atoms with Gasteiger partial charge in [-0.2, -0.15) is 13.2 Å². The topological polar surface area (TPSA) is 20.3 Å². The average molecular weight is 354 g/mol.